The van der Waals surface area contributed by atoms with Gasteiger partial charge in [0.1, 0.15) is 23.9 Å². The maximum atomic E-state index is 12.8. The summed E-state index contributed by atoms with van der Waals surface area (Å²) in [5.41, 5.74) is 2.78. The van der Waals surface area contributed by atoms with Crippen molar-refractivity contribution in [2.45, 2.75) is 42.7 Å². The number of nitrogens with zero attached hydrogens (tertiary/aromatic N) is 3. The number of rotatable bonds is 3. The first kappa shape index (κ1) is 16.8. The molecule has 0 spiro atoms. The number of carboxylic acid groups (broad SMARTS) is 1. The van der Waals surface area contributed by atoms with Crippen molar-refractivity contribution in [1.82, 2.24) is 14.5 Å². The van der Waals surface area contributed by atoms with E-state index in [0.29, 0.717) is 12.4 Å². The van der Waals surface area contributed by atoms with Crippen LogP contribution in [0, 0.1) is 5.92 Å². The van der Waals surface area contributed by atoms with Crippen molar-refractivity contribution in [3.8, 4) is 0 Å². The summed E-state index contributed by atoms with van der Waals surface area (Å²) in [4.78, 5) is 30.5. The molecule has 2 fully saturated rings. The fourth-order valence-electron chi connectivity index (χ4n) is 4.55. The number of hydrogen-bond donors (Lipinski definition) is 2. The summed E-state index contributed by atoms with van der Waals surface area (Å²) in [5.74, 6) is -1.53. The quantitative estimate of drug-likeness (QED) is 0.783. The van der Waals surface area contributed by atoms with Gasteiger partial charge in [0, 0.05) is 16.9 Å². The highest BCUT2D eigenvalue weighted by molar-refractivity contribution is 8.01. The number of imidazole rings is 1. The average molecular weight is 385 g/mol. The van der Waals surface area contributed by atoms with E-state index in [0.717, 1.165) is 16.6 Å². The zero-order valence-electron chi connectivity index (χ0n) is 14.9. The predicted octanol–water partition coefficient (Wildman–Crippen LogP) is 1.86. The number of carbonyl (C=O) groups is 2. The van der Waals surface area contributed by atoms with Crippen LogP contribution < -0.4 is 0 Å². The van der Waals surface area contributed by atoms with E-state index in [1.807, 2.05) is 48.8 Å². The molecule has 140 valence electrons. The molecule has 4 atom stereocenters. The van der Waals surface area contributed by atoms with Gasteiger partial charge in [-0.15, -0.1) is 11.8 Å². The minimum absolute atomic E-state index is 0.315. The number of aliphatic hydroxyl groups is 1. The first-order valence-corrected chi connectivity index (χ1v) is 9.76. The van der Waals surface area contributed by atoms with Crippen molar-refractivity contribution in [2.24, 2.45) is 5.92 Å². The number of allylic oxidation sites excluding steroid dienone is 1. The number of carbonyl (C=O) groups excluding carboxylic acids is 1. The van der Waals surface area contributed by atoms with Crippen LogP contribution in [-0.4, -0.2) is 52.7 Å². The molecule has 27 heavy (non-hydrogen) atoms. The van der Waals surface area contributed by atoms with E-state index in [1.165, 1.54) is 16.7 Å². The summed E-state index contributed by atoms with van der Waals surface area (Å²) in [6.07, 6.45) is 2.97. The van der Waals surface area contributed by atoms with Gasteiger partial charge in [-0.05, 0) is 19.9 Å². The Kier molecular flexibility index (Phi) is 3.34. The molecule has 2 aromatic rings. The SMILES string of the molecule is CC1(C)S[C@@H]2[C@H]([C@H](O)c3nc4cccc5c4n3CC=C5)C(=O)N2[C@H]1C(=O)O. The Balaban J connectivity index is 1.53. The van der Waals surface area contributed by atoms with Gasteiger partial charge in [0.25, 0.3) is 0 Å². The van der Waals surface area contributed by atoms with Crippen LogP contribution in [-0.2, 0) is 16.1 Å². The zero-order valence-corrected chi connectivity index (χ0v) is 15.7. The van der Waals surface area contributed by atoms with E-state index in [1.54, 1.807) is 0 Å². The zero-order chi connectivity index (χ0) is 19.1. The second-order valence-electron chi connectivity index (χ2n) is 7.77. The van der Waals surface area contributed by atoms with Crippen molar-refractivity contribution in [3.05, 3.63) is 35.7 Å². The Morgan fingerprint density at radius 3 is 2.93 bits per heavy atom. The van der Waals surface area contributed by atoms with Gasteiger partial charge in [0.2, 0.25) is 5.91 Å². The Morgan fingerprint density at radius 1 is 1.41 bits per heavy atom. The Morgan fingerprint density at radius 2 is 2.19 bits per heavy atom. The monoisotopic (exact) mass is 385 g/mol. The van der Waals surface area contributed by atoms with Crippen LogP contribution in [0.4, 0.5) is 0 Å². The maximum Gasteiger partial charge on any atom is 0.327 e. The molecule has 3 aliphatic rings. The van der Waals surface area contributed by atoms with Gasteiger partial charge < -0.3 is 19.7 Å². The number of carboxylic acids is 1. The maximum absolute atomic E-state index is 12.8. The first-order valence-electron chi connectivity index (χ1n) is 8.88. The highest BCUT2D eigenvalue weighted by atomic mass is 32.2. The van der Waals surface area contributed by atoms with Gasteiger partial charge >= 0.3 is 5.97 Å². The van der Waals surface area contributed by atoms with Crippen molar-refractivity contribution in [1.29, 1.82) is 0 Å². The summed E-state index contributed by atoms with van der Waals surface area (Å²) in [5, 5.41) is 20.3. The third-order valence-corrected chi connectivity index (χ3v) is 7.33. The van der Waals surface area contributed by atoms with E-state index < -0.39 is 28.8 Å². The minimum Gasteiger partial charge on any atom is -0.480 e. The smallest absolute Gasteiger partial charge is 0.327 e. The number of hydrogen-bond acceptors (Lipinski definition) is 5. The lowest BCUT2D eigenvalue weighted by molar-refractivity contribution is -0.169. The van der Waals surface area contributed by atoms with Gasteiger partial charge in [0.15, 0.2) is 0 Å². The third-order valence-electron chi connectivity index (χ3n) is 5.73. The minimum atomic E-state index is -1.07. The molecule has 0 saturated carbocycles. The van der Waals surface area contributed by atoms with E-state index in [4.69, 9.17) is 0 Å². The largest absolute Gasteiger partial charge is 0.480 e. The number of β-lactam (4-membered cyclic amide) rings is 1. The normalized spacial score (nSPS) is 28.9. The molecular formula is C19H19N3O4S. The summed E-state index contributed by atoms with van der Waals surface area (Å²) >= 11 is 1.44. The molecular weight excluding hydrogens is 366 g/mol. The Hall–Kier alpha value is -2.32. The number of aliphatic hydroxyl groups excluding tert-OH is 1. The van der Waals surface area contributed by atoms with Crippen molar-refractivity contribution < 1.29 is 19.8 Å². The fraction of sp³-hybridized carbons (Fsp3) is 0.421. The van der Waals surface area contributed by atoms with Crippen LogP contribution in [0.25, 0.3) is 17.1 Å². The molecule has 3 aliphatic heterocycles. The molecule has 2 N–H and O–H groups in total. The fourth-order valence-corrected chi connectivity index (χ4v) is 6.27. The lowest BCUT2D eigenvalue weighted by Gasteiger charge is -2.45. The molecule has 7 nitrogen and oxygen atoms in total. The summed E-state index contributed by atoms with van der Waals surface area (Å²) in [6, 6.07) is 4.93. The van der Waals surface area contributed by atoms with Crippen LogP contribution in [0.5, 0.6) is 0 Å². The molecule has 1 aromatic carbocycles. The second-order valence-corrected chi connectivity index (χ2v) is 9.54. The standard InChI is InChI=1S/C19H19N3O4S/c1-19(2)14(18(25)26)22-16(24)11(17(22)27-19)13(23)15-20-10-7-3-5-9-6-4-8-21(15)12(9)10/h3-7,11,13-14,17,23H,8H2,1-2H3,(H,25,26)/t11-,13+,14+,17-/m1/s1. The Labute approximate surface area is 159 Å². The van der Waals surface area contributed by atoms with Crippen LogP contribution in [0.15, 0.2) is 24.3 Å². The molecule has 4 heterocycles. The third kappa shape index (κ3) is 2.11. The van der Waals surface area contributed by atoms with E-state index in [2.05, 4.69) is 4.98 Å². The number of aromatic nitrogens is 2. The molecule has 0 bridgehead atoms. The molecule has 1 aromatic heterocycles. The number of thioether (sulfide) groups is 1. The number of amides is 1. The van der Waals surface area contributed by atoms with E-state index >= 15 is 0 Å². The predicted molar refractivity (Wildman–Crippen MR) is 101 cm³/mol. The van der Waals surface area contributed by atoms with Gasteiger partial charge in [-0.3, -0.25) is 4.79 Å². The lowest BCUT2D eigenvalue weighted by Crippen LogP contribution is -2.64. The van der Waals surface area contributed by atoms with Gasteiger partial charge in [-0.1, -0.05) is 24.3 Å². The number of aliphatic carboxylic acids is 1. The summed E-state index contributed by atoms with van der Waals surface area (Å²) < 4.78 is 1.34. The Bertz CT molecular complexity index is 1030. The topological polar surface area (TPSA) is 95.7 Å². The second kappa shape index (κ2) is 5.36. The summed E-state index contributed by atoms with van der Waals surface area (Å²) in [6.45, 7) is 4.25. The van der Waals surface area contributed by atoms with Gasteiger partial charge in [-0.2, -0.15) is 0 Å². The van der Waals surface area contributed by atoms with Crippen LogP contribution >= 0.6 is 11.8 Å². The van der Waals surface area contributed by atoms with Crippen molar-refractivity contribution in [3.63, 3.8) is 0 Å². The number of para-hydroxylation sites is 1. The van der Waals surface area contributed by atoms with Crippen LogP contribution in [0.1, 0.15) is 31.3 Å². The highest BCUT2D eigenvalue weighted by Crippen LogP contribution is 2.56. The molecule has 8 heteroatoms. The molecule has 1 amide bonds. The molecule has 0 unspecified atom stereocenters. The van der Waals surface area contributed by atoms with E-state index in [9.17, 15) is 19.8 Å². The van der Waals surface area contributed by atoms with Crippen LogP contribution in [0.2, 0.25) is 0 Å². The van der Waals surface area contributed by atoms with Gasteiger partial charge in [0.05, 0.1) is 16.4 Å². The van der Waals surface area contributed by atoms with Crippen molar-refractivity contribution >= 4 is 40.7 Å². The summed E-state index contributed by atoms with van der Waals surface area (Å²) in [7, 11) is 0. The molecule has 0 radical (unpaired) electrons. The van der Waals surface area contributed by atoms with Gasteiger partial charge in [-0.25, -0.2) is 9.78 Å². The highest BCUT2D eigenvalue weighted by Gasteiger charge is 2.65. The average Bonchev–Trinajstić information content (AvgIpc) is 3.10. The van der Waals surface area contributed by atoms with Crippen molar-refractivity contribution in [2.75, 3.05) is 0 Å². The first-order chi connectivity index (χ1) is 12.8. The lowest BCUT2D eigenvalue weighted by atomic mass is 9.87. The van der Waals surface area contributed by atoms with E-state index in [-0.39, 0.29) is 11.3 Å². The molecule has 2 saturated heterocycles. The number of fused-ring (bicyclic) bond motifs is 1. The number of benzene rings is 1. The molecule has 0 aliphatic carbocycles. The molecule has 5 rings (SSSR count). The van der Waals surface area contributed by atoms with Crippen LogP contribution in [0.3, 0.4) is 0 Å².